The van der Waals surface area contributed by atoms with Crippen molar-refractivity contribution in [2.24, 2.45) is 0 Å². The van der Waals surface area contributed by atoms with Gasteiger partial charge in [-0.25, -0.2) is 4.98 Å². The Kier molecular flexibility index (Phi) is 4.46. The summed E-state index contributed by atoms with van der Waals surface area (Å²) in [7, 11) is 0. The molecule has 1 unspecified atom stereocenters. The van der Waals surface area contributed by atoms with E-state index in [-0.39, 0.29) is 5.54 Å². The summed E-state index contributed by atoms with van der Waals surface area (Å²) in [5.41, 5.74) is 6.14. The van der Waals surface area contributed by atoms with Crippen LogP contribution in [-0.2, 0) is 0 Å². The summed E-state index contributed by atoms with van der Waals surface area (Å²) >= 11 is 1.57. The molecule has 3 heterocycles. The maximum atomic E-state index is 4.66. The summed E-state index contributed by atoms with van der Waals surface area (Å²) in [4.78, 5) is 8.92. The fourth-order valence-electron chi connectivity index (χ4n) is 3.98. The van der Waals surface area contributed by atoms with Gasteiger partial charge in [-0.15, -0.1) is 11.7 Å². The van der Waals surface area contributed by atoms with Gasteiger partial charge in [0, 0.05) is 28.7 Å². The van der Waals surface area contributed by atoms with E-state index in [0.29, 0.717) is 11.7 Å². The van der Waals surface area contributed by atoms with Crippen LogP contribution in [0.3, 0.4) is 0 Å². The van der Waals surface area contributed by atoms with Crippen molar-refractivity contribution in [1.82, 2.24) is 19.6 Å². The Morgan fingerprint density at radius 1 is 1.41 bits per heavy atom. The molecule has 0 bridgehead atoms. The fraction of sp³-hybridized carbons (Fsp3) is 0.381. The largest absolute Gasteiger partial charge is 0.380 e. The average molecular weight is 380 g/mol. The number of nitrogens with one attached hydrogen (secondary N) is 1. The molecular formula is C21H25N5S. The van der Waals surface area contributed by atoms with E-state index >= 15 is 0 Å². The van der Waals surface area contributed by atoms with Crippen LogP contribution in [0.4, 0.5) is 5.69 Å². The van der Waals surface area contributed by atoms with E-state index in [0.717, 1.165) is 23.0 Å². The normalized spacial score (nSPS) is 18.1. The van der Waals surface area contributed by atoms with Crippen molar-refractivity contribution in [2.75, 3.05) is 11.1 Å². The van der Waals surface area contributed by atoms with Crippen LogP contribution in [0.1, 0.15) is 44.2 Å². The summed E-state index contributed by atoms with van der Waals surface area (Å²) < 4.78 is 1.85. The highest BCUT2D eigenvalue weighted by Crippen LogP contribution is 2.41. The van der Waals surface area contributed by atoms with Crippen molar-refractivity contribution in [1.29, 1.82) is 0 Å². The van der Waals surface area contributed by atoms with Crippen LogP contribution in [0.25, 0.3) is 17.0 Å². The third-order valence-electron chi connectivity index (χ3n) is 5.04. The molecule has 140 valence electrons. The first-order valence-electron chi connectivity index (χ1n) is 9.26. The van der Waals surface area contributed by atoms with Crippen molar-refractivity contribution in [2.45, 2.75) is 50.7 Å². The molecule has 0 radical (unpaired) electrons. The molecule has 0 amide bonds. The van der Waals surface area contributed by atoms with Crippen LogP contribution in [0.15, 0.2) is 42.2 Å². The first-order chi connectivity index (χ1) is 12.9. The van der Waals surface area contributed by atoms with Gasteiger partial charge in [0.2, 0.25) is 5.16 Å². The van der Waals surface area contributed by atoms with E-state index < -0.39 is 0 Å². The SMILES string of the molecule is C=CCSc1nc2nccc(-c3cc4c(cc3C)NC(C)(C)CC4C)n2n1. The van der Waals surface area contributed by atoms with Gasteiger partial charge in [-0.05, 0) is 62.4 Å². The summed E-state index contributed by atoms with van der Waals surface area (Å²) in [6.07, 6.45) is 4.78. The Labute approximate surface area is 164 Å². The Morgan fingerprint density at radius 2 is 2.22 bits per heavy atom. The van der Waals surface area contributed by atoms with Gasteiger partial charge in [0.25, 0.3) is 5.78 Å². The molecule has 0 saturated carbocycles. The zero-order valence-corrected chi connectivity index (χ0v) is 17.1. The molecule has 0 fully saturated rings. The third-order valence-corrected chi connectivity index (χ3v) is 5.88. The minimum Gasteiger partial charge on any atom is -0.380 e. The van der Waals surface area contributed by atoms with Crippen molar-refractivity contribution in [3.05, 3.63) is 48.2 Å². The first-order valence-corrected chi connectivity index (χ1v) is 10.2. The Bertz CT molecular complexity index is 1020. The number of nitrogens with zero attached hydrogens (tertiary/aromatic N) is 4. The molecule has 27 heavy (non-hydrogen) atoms. The van der Waals surface area contributed by atoms with E-state index in [4.69, 9.17) is 0 Å². The average Bonchev–Trinajstić information content (AvgIpc) is 3.01. The lowest BCUT2D eigenvalue weighted by Gasteiger charge is -2.38. The quantitative estimate of drug-likeness (QED) is 0.506. The zero-order chi connectivity index (χ0) is 19.2. The van der Waals surface area contributed by atoms with Crippen LogP contribution in [-0.4, -0.2) is 30.9 Å². The van der Waals surface area contributed by atoms with E-state index in [9.17, 15) is 0 Å². The fourth-order valence-corrected chi connectivity index (χ4v) is 4.53. The van der Waals surface area contributed by atoms with Crippen LogP contribution in [0, 0.1) is 6.92 Å². The number of aromatic nitrogens is 4. The molecule has 0 saturated heterocycles. The first kappa shape index (κ1) is 18.0. The molecule has 3 aromatic rings. The second-order valence-electron chi connectivity index (χ2n) is 7.90. The molecule has 1 aliphatic rings. The van der Waals surface area contributed by atoms with Gasteiger partial charge in [-0.3, -0.25) is 0 Å². The Hall–Kier alpha value is -2.34. The van der Waals surface area contributed by atoms with Crippen LogP contribution < -0.4 is 5.32 Å². The standard InChI is InChI=1S/C21H25N5S/c1-6-9-27-20-23-19-22-8-7-18(26(19)25-20)16-11-15-14(3)12-21(4,5)24-17(15)10-13(16)2/h6-8,10-11,14,24H,1,9,12H2,2-5H3. The number of fused-ring (bicyclic) bond motifs is 2. The van der Waals surface area contributed by atoms with Crippen molar-refractivity contribution >= 4 is 23.2 Å². The van der Waals surface area contributed by atoms with Crippen LogP contribution in [0.5, 0.6) is 0 Å². The van der Waals surface area contributed by atoms with Crippen molar-refractivity contribution < 1.29 is 0 Å². The molecular weight excluding hydrogens is 354 g/mol. The van der Waals surface area contributed by atoms with Gasteiger partial charge in [0.15, 0.2) is 0 Å². The van der Waals surface area contributed by atoms with Gasteiger partial charge >= 0.3 is 0 Å². The number of rotatable bonds is 4. The maximum Gasteiger partial charge on any atom is 0.253 e. The summed E-state index contributed by atoms with van der Waals surface area (Å²) in [6, 6.07) is 6.59. The number of hydrogen-bond donors (Lipinski definition) is 1. The molecule has 0 spiro atoms. The lowest BCUT2D eigenvalue weighted by atomic mass is 9.80. The second-order valence-corrected chi connectivity index (χ2v) is 8.89. The molecule has 1 aromatic carbocycles. The number of benzene rings is 1. The van der Waals surface area contributed by atoms with E-state index in [1.165, 1.54) is 22.4 Å². The molecule has 1 atom stereocenters. The zero-order valence-electron chi connectivity index (χ0n) is 16.3. The van der Waals surface area contributed by atoms with E-state index in [2.05, 4.69) is 66.8 Å². The number of thioether (sulfide) groups is 1. The van der Waals surface area contributed by atoms with Gasteiger partial charge in [-0.1, -0.05) is 24.8 Å². The molecule has 2 aromatic heterocycles. The number of hydrogen-bond acceptors (Lipinski definition) is 5. The van der Waals surface area contributed by atoms with Gasteiger partial charge in [-0.2, -0.15) is 9.50 Å². The monoisotopic (exact) mass is 379 g/mol. The molecule has 0 aliphatic carbocycles. The summed E-state index contributed by atoms with van der Waals surface area (Å²) in [6.45, 7) is 12.7. The predicted molar refractivity (Wildman–Crippen MR) is 113 cm³/mol. The minimum atomic E-state index is 0.119. The Balaban J connectivity index is 1.83. The van der Waals surface area contributed by atoms with Gasteiger partial charge < -0.3 is 5.32 Å². The maximum absolute atomic E-state index is 4.66. The van der Waals surface area contributed by atoms with Gasteiger partial charge in [0.1, 0.15) is 0 Å². The van der Waals surface area contributed by atoms with Crippen LogP contribution >= 0.6 is 11.8 Å². The lowest BCUT2D eigenvalue weighted by molar-refractivity contribution is 0.454. The highest BCUT2D eigenvalue weighted by atomic mass is 32.2. The van der Waals surface area contributed by atoms with E-state index in [1.54, 1.807) is 11.8 Å². The smallest absolute Gasteiger partial charge is 0.253 e. The summed E-state index contributed by atoms with van der Waals surface area (Å²) in [5.74, 6) is 1.91. The highest BCUT2D eigenvalue weighted by molar-refractivity contribution is 7.99. The minimum absolute atomic E-state index is 0.119. The van der Waals surface area contributed by atoms with Crippen LogP contribution in [0.2, 0.25) is 0 Å². The number of aryl methyl sites for hydroxylation is 1. The summed E-state index contributed by atoms with van der Waals surface area (Å²) in [5, 5.41) is 9.08. The number of anilines is 1. The third kappa shape index (κ3) is 3.34. The topological polar surface area (TPSA) is 55.1 Å². The van der Waals surface area contributed by atoms with Gasteiger partial charge in [0.05, 0.1) is 5.69 Å². The second kappa shape index (κ2) is 6.68. The highest BCUT2D eigenvalue weighted by Gasteiger charge is 2.30. The van der Waals surface area contributed by atoms with Crippen molar-refractivity contribution in [3.63, 3.8) is 0 Å². The Morgan fingerprint density at radius 3 is 3.00 bits per heavy atom. The molecule has 6 heteroatoms. The van der Waals surface area contributed by atoms with E-state index in [1.807, 2.05) is 22.9 Å². The molecule has 5 nitrogen and oxygen atoms in total. The predicted octanol–water partition coefficient (Wildman–Crippen LogP) is 5.08. The lowest BCUT2D eigenvalue weighted by Crippen LogP contribution is -2.36. The molecule has 1 aliphatic heterocycles. The van der Waals surface area contributed by atoms with Crippen molar-refractivity contribution in [3.8, 4) is 11.3 Å². The molecule has 1 N–H and O–H groups in total. The molecule has 4 rings (SSSR count).